The number of aliphatic hydroxyl groups is 1. The van der Waals surface area contributed by atoms with Gasteiger partial charge in [0.15, 0.2) is 0 Å². The Kier molecular flexibility index (Phi) is 7.21. The first-order valence-electron chi connectivity index (χ1n) is 10.5. The van der Waals surface area contributed by atoms with Gasteiger partial charge in [-0.3, -0.25) is 4.90 Å². The van der Waals surface area contributed by atoms with Crippen LogP contribution in [0.15, 0.2) is 42.5 Å². The fourth-order valence-electron chi connectivity index (χ4n) is 3.76. The number of nitrogens with zero attached hydrogens (tertiary/aromatic N) is 2. The van der Waals surface area contributed by atoms with Gasteiger partial charge in [-0.1, -0.05) is 32.9 Å². The fourth-order valence-corrected chi connectivity index (χ4v) is 3.76. The van der Waals surface area contributed by atoms with Gasteiger partial charge in [-0.25, -0.2) is 4.39 Å². The van der Waals surface area contributed by atoms with Gasteiger partial charge in [0.25, 0.3) is 0 Å². The Morgan fingerprint density at radius 1 is 1.07 bits per heavy atom. The van der Waals surface area contributed by atoms with E-state index >= 15 is 0 Å². The molecule has 3 rings (SSSR count). The number of benzene rings is 2. The van der Waals surface area contributed by atoms with Crippen LogP contribution in [-0.4, -0.2) is 62.6 Å². The summed E-state index contributed by atoms with van der Waals surface area (Å²) in [7, 11) is 1.65. The molecule has 0 aromatic heterocycles. The molecule has 30 heavy (non-hydrogen) atoms. The summed E-state index contributed by atoms with van der Waals surface area (Å²) in [4.78, 5) is 4.26. The number of halogens is 1. The zero-order valence-electron chi connectivity index (χ0n) is 18.4. The average Bonchev–Trinajstić information content (AvgIpc) is 2.72. The highest BCUT2D eigenvalue weighted by atomic mass is 19.1. The van der Waals surface area contributed by atoms with E-state index in [9.17, 15) is 9.50 Å². The van der Waals surface area contributed by atoms with Crippen molar-refractivity contribution in [2.75, 3.05) is 51.3 Å². The molecule has 5 nitrogen and oxygen atoms in total. The second-order valence-electron chi connectivity index (χ2n) is 8.82. The van der Waals surface area contributed by atoms with Crippen molar-refractivity contribution in [3.05, 3.63) is 53.8 Å². The van der Waals surface area contributed by atoms with Crippen molar-refractivity contribution >= 4 is 5.69 Å². The van der Waals surface area contributed by atoms with Crippen molar-refractivity contribution in [1.82, 2.24) is 4.90 Å². The Morgan fingerprint density at radius 2 is 1.77 bits per heavy atom. The summed E-state index contributed by atoms with van der Waals surface area (Å²) in [5.74, 6) is 1.38. The molecule has 1 aliphatic rings. The molecule has 0 radical (unpaired) electrons. The van der Waals surface area contributed by atoms with Gasteiger partial charge in [-0.2, -0.15) is 0 Å². The minimum Gasteiger partial charge on any atom is -0.497 e. The minimum absolute atomic E-state index is 0.0993. The van der Waals surface area contributed by atoms with Gasteiger partial charge in [-0.15, -0.1) is 0 Å². The maximum Gasteiger partial charge on any atom is 0.146 e. The molecule has 0 unspecified atom stereocenters. The standard InChI is InChI=1S/C24H33FN2O3/c1-24(2,3)20-15-19(29-4)9-10-23(20)30-17-18(28)16-26-11-13-27(14-12-26)22-8-6-5-7-21(22)25/h5-10,15,18,28H,11-14,16-17H2,1-4H3/t18-/m0/s1. The highest BCUT2D eigenvalue weighted by molar-refractivity contribution is 5.48. The maximum atomic E-state index is 14.0. The van der Waals surface area contributed by atoms with Crippen LogP contribution in [0.5, 0.6) is 11.5 Å². The zero-order valence-corrected chi connectivity index (χ0v) is 18.4. The van der Waals surface area contributed by atoms with Crippen molar-refractivity contribution < 1.29 is 19.0 Å². The lowest BCUT2D eigenvalue weighted by Crippen LogP contribution is -2.49. The predicted octanol–water partition coefficient (Wildman–Crippen LogP) is 3.69. The number of ether oxygens (including phenoxy) is 2. The summed E-state index contributed by atoms with van der Waals surface area (Å²) in [6.07, 6.45) is -0.597. The second-order valence-corrected chi connectivity index (χ2v) is 8.82. The molecule has 2 aromatic carbocycles. The van der Waals surface area contributed by atoms with Crippen LogP contribution in [0.4, 0.5) is 10.1 Å². The van der Waals surface area contributed by atoms with Crippen molar-refractivity contribution in [1.29, 1.82) is 0 Å². The molecule has 164 valence electrons. The van der Waals surface area contributed by atoms with E-state index < -0.39 is 6.10 Å². The van der Waals surface area contributed by atoms with Gasteiger partial charge in [0.2, 0.25) is 0 Å². The third-order valence-corrected chi connectivity index (χ3v) is 5.46. The summed E-state index contributed by atoms with van der Waals surface area (Å²) >= 11 is 0. The number of hydrogen-bond acceptors (Lipinski definition) is 5. The third-order valence-electron chi connectivity index (χ3n) is 5.46. The predicted molar refractivity (Wildman–Crippen MR) is 118 cm³/mol. The summed E-state index contributed by atoms with van der Waals surface area (Å²) in [5.41, 5.74) is 1.60. The van der Waals surface area contributed by atoms with E-state index in [0.717, 1.165) is 43.2 Å². The summed E-state index contributed by atoms with van der Waals surface area (Å²) < 4.78 is 25.3. The smallest absolute Gasteiger partial charge is 0.146 e. The number of anilines is 1. The monoisotopic (exact) mass is 416 g/mol. The minimum atomic E-state index is -0.597. The molecule has 1 saturated heterocycles. The number of piperazine rings is 1. The first-order valence-corrected chi connectivity index (χ1v) is 10.5. The summed E-state index contributed by atoms with van der Waals surface area (Å²) in [5, 5.41) is 10.5. The van der Waals surface area contributed by atoms with Gasteiger partial charge in [0, 0.05) is 38.3 Å². The Morgan fingerprint density at radius 3 is 2.40 bits per heavy atom. The lowest BCUT2D eigenvalue weighted by molar-refractivity contribution is 0.0656. The van der Waals surface area contributed by atoms with E-state index in [4.69, 9.17) is 9.47 Å². The van der Waals surface area contributed by atoms with E-state index in [0.29, 0.717) is 12.2 Å². The van der Waals surface area contributed by atoms with Crippen LogP contribution in [-0.2, 0) is 5.41 Å². The fraction of sp³-hybridized carbons (Fsp3) is 0.500. The molecule has 0 saturated carbocycles. The van der Waals surface area contributed by atoms with Gasteiger partial charge in [-0.05, 0) is 35.7 Å². The van der Waals surface area contributed by atoms with Crippen molar-refractivity contribution in [2.24, 2.45) is 0 Å². The second kappa shape index (κ2) is 9.67. The van der Waals surface area contributed by atoms with Crippen LogP contribution in [0.2, 0.25) is 0 Å². The molecule has 1 heterocycles. The van der Waals surface area contributed by atoms with Crippen molar-refractivity contribution in [2.45, 2.75) is 32.3 Å². The third kappa shape index (κ3) is 5.64. The normalized spacial score (nSPS) is 16.4. The molecule has 6 heteroatoms. The molecule has 1 fully saturated rings. The quantitative estimate of drug-likeness (QED) is 0.746. The van der Waals surface area contributed by atoms with Crippen LogP contribution in [0.3, 0.4) is 0 Å². The number of hydrogen-bond donors (Lipinski definition) is 1. The van der Waals surface area contributed by atoms with Crippen molar-refractivity contribution in [3.63, 3.8) is 0 Å². The molecule has 0 bridgehead atoms. The highest BCUT2D eigenvalue weighted by Gasteiger charge is 2.23. The van der Waals surface area contributed by atoms with E-state index in [2.05, 4.69) is 30.6 Å². The van der Waals surface area contributed by atoms with E-state index in [1.54, 1.807) is 13.2 Å². The Hall–Kier alpha value is -2.31. The topological polar surface area (TPSA) is 45.2 Å². The number of rotatable bonds is 7. The molecule has 1 atom stereocenters. The van der Waals surface area contributed by atoms with Crippen LogP contribution in [0.25, 0.3) is 0 Å². The van der Waals surface area contributed by atoms with Crippen LogP contribution < -0.4 is 14.4 Å². The summed E-state index contributed by atoms with van der Waals surface area (Å²) in [6, 6.07) is 12.6. The number of methoxy groups -OCH3 is 1. The molecule has 2 aromatic rings. The molecule has 1 aliphatic heterocycles. The maximum absolute atomic E-state index is 14.0. The first kappa shape index (κ1) is 22.4. The summed E-state index contributed by atoms with van der Waals surface area (Å²) in [6.45, 7) is 10.2. The van der Waals surface area contributed by atoms with Crippen LogP contribution in [0, 0.1) is 5.82 Å². The number of aliphatic hydroxyl groups excluding tert-OH is 1. The number of β-amino-alcohol motifs (C(OH)–C–C–N with tert-alkyl or cyclic N) is 1. The first-order chi connectivity index (χ1) is 14.3. The SMILES string of the molecule is COc1ccc(OC[C@@H](O)CN2CCN(c3ccccc3F)CC2)c(C(C)(C)C)c1. The Labute approximate surface area is 179 Å². The Balaban J connectivity index is 1.51. The molecule has 0 aliphatic carbocycles. The lowest BCUT2D eigenvalue weighted by atomic mass is 9.86. The lowest BCUT2D eigenvalue weighted by Gasteiger charge is -2.37. The van der Waals surface area contributed by atoms with Gasteiger partial charge >= 0.3 is 0 Å². The molecular formula is C24H33FN2O3. The van der Waals surface area contributed by atoms with Crippen molar-refractivity contribution in [3.8, 4) is 11.5 Å². The zero-order chi connectivity index (χ0) is 21.7. The molecular weight excluding hydrogens is 383 g/mol. The van der Waals surface area contributed by atoms with E-state index in [1.807, 2.05) is 30.3 Å². The molecule has 1 N–H and O–H groups in total. The number of para-hydroxylation sites is 1. The van der Waals surface area contributed by atoms with Crippen LogP contribution >= 0.6 is 0 Å². The largest absolute Gasteiger partial charge is 0.497 e. The van der Waals surface area contributed by atoms with E-state index in [-0.39, 0.29) is 17.8 Å². The van der Waals surface area contributed by atoms with E-state index in [1.165, 1.54) is 6.07 Å². The molecule has 0 spiro atoms. The average molecular weight is 417 g/mol. The molecule has 0 amide bonds. The van der Waals surface area contributed by atoms with Gasteiger partial charge in [0.1, 0.15) is 30.0 Å². The van der Waals surface area contributed by atoms with Gasteiger partial charge < -0.3 is 19.5 Å². The highest BCUT2D eigenvalue weighted by Crippen LogP contribution is 2.34. The Bertz CT molecular complexity index is 829. The van der Waals surface area contributed by atoms with Gasteiger partial charge in [0.05, 0.1) is 12.8 Å². The van der Waals surface area contributed by atoms with Crippen LogP contribution in [0.1, 0.15) is 26.3 Å².